The Morgan fingerprint density at radius 3 is 1.31 bits per heavy atom. The van der Waals surface area contributed by atoms with E-state index in [4.69, 9.17) is 11.2 Å². The molecule has 0 N–H and O–H groups in total. The molecule has 0 radical (unpaired) electrons. The molecule has 4 aromatic carbocycles. The molecule has 0 amide bonds. The molecule has 4 aromatic rings. The van der Waals surface area contributed by atoms with Gasteiger partial charge < -0.3 is 0 Å². The van der Waals surface area contributed by atoms with Crippen LogP contribution in [0.2, 0.25) is 0 Å². The predicted octanol–water partition coefficient (Wildman–Crippen LogP) is 7.75. The van der Waals surface area contributed by atoms with E-state index in [1.54, 1.807) is 0 Å². The first-order valence-electron chi connectivity index (χ1n) is 12.9. The first kappa shape index (κ1) is 23.9. The van der Waals surface area contributed by atoms with Crippen LogP contribution in [0.4, 0.5) is 0 Å². The van der Waals surface area contributed by atoms with Crippen molar-refractivity contribution in [3.05, 3.63) is 146 Å². The number of benzene rings is 4. The molecule has 0 spiro atoms. The van der Waals surface area contributed by atoms with Crippen LogP contribution in [0.3, 0.4) is 0 Å². The predicted molar refractivity (Wildman–Crippen MR) is 165 cm³/mol. The Morgan fingerprint density at radius 2 is 0.917 bits per heavy atom. The monoisotopic (exact) mass is 526 g/mol. The Bertz CT molecular complexity index is 1340. The van der Waals surface area contributed by atoms with E-state index in [0.29, 0.717) is 5.66 Å². The van der Waals surface area contributed by atoms with Crippen molar-refractivity contribution >= 4 is 44.4 Å². The molecule has 2 aliphatic rings. The maximum absolute atomic E-state index is 9.02. The van der Waals surface area contributed by atoms with Gasteiger partial charge in [-0.1, -0.05) is 0 Å². The van der Waals surface area contributed by atoms with Gasteiger partial charge in [0.25, 0.3) is 0 Å². The third-order valence-corrected chi connectivity index (χ3v) is 36.5. The third kappa shape index (κ3) is 2.54. The number of rotatable bonds is 5. The van der Waals surface area contributed by atoms with E-state index in [1.165, 1.54) is 21.2 Å². The molecular weight excluding hydrogens is 494 g/mol. The Balaban J connectivity index is 1.98. The van der Waals surface area contributed by atoms with Crippen LogP contribution in [0, 0.1) is 0 Å². The van der Waals surface area contributed by atoms with Gasteiger partial charge >= 0.3 is 221 Å². The molecule has 6 rings (SSSR count). The molecule has 3 heteroatoms. The summed E-state index contributed by atoms with van der Waals surface area (Å²) >= 11 is 9.02. The van der Waals surface area contributed by atoms with Crippen molar-refractivity contribution in [2.45, 2.75) is 24.7 Å². The Kier molecular flexibility index (Phi) is 5.66. The summed E-state index contributed by atoms with van der Waals surface area (Å²) in [5, 5.41) is 5.56. The summed E-state index contributed by atoms with van der Waals surface area (Å²) in [5.41, 5.74) is -2.82. The molecule has 0 nitrogen and oxygen atoms in total. The average Bonchev–Trinajstić information content (AvgIpc) is 3.57. The van der Waals surface area contributed by atoms with E-state index in [-0.39, 0.29) is 5.66 Å². The van der Waals surface area contributed by atoms with E-state index in [0.717, 1.165) is 12.6 Å². The normalized spacial score (nSPS) is 25.3. The van der Waals surface area contributed by atoms with Crippen molar-refractivity contribution in [3.63, 3.8) is 0 Å². The van der Waals surface area contributed by atoms with Crippen LogP contribution in [-0.2, 0) is 0 Å². The van der Waals surface area contributed by atoms with Crippen molar-refractivity contribution < 1.29 is 0 Å². The van der Waals surface area contributed by atoms with Crippen LogP contribution in [0.15, 0.2) is 146 Å². The van der Waals surface area contributed by atoms with Gasteiger partial charge in [0.05, 0.1) is 0 Å². The Morgan fingerprint density at radius 1 is 0.556 bits per heavy atom. The Labute approximate surface area is 220 Å². The summed E-state index contributed by atoms with van der Waals surface area (Å²) in [5.74, 6) is 0. The fourth-order valence-corrected chi connectivity index (χ4v) is 39.8. The molecular formula is C33H33ClP2. The molecule has 1 heterocycles. The number of halogens is 1. The topological polar surface area (TPSA) is 0 Å². The molecule has 0 aromatic heterocycles. The Hall–Kier alpha value is -2.49. The van der Waals surface area contributed by atoms with Crippen molar-refractivity contribution in [2.24, 2.45) is 0 Å². The summed E-state index contributed by atoms with van der Waals surface area (Å²) in [6.45, 7) is 2.51. The second-order valence-electron chi connectivity index (χ2n) is 10.3. The second kappa shape index (κ2) is 8.53. The van der Waals surface area contributed by atoms with Crippen molar-refractivity contribution in [3.8, 4) is 0 Å². The van der Waals surface area contributed by atoms with Crippen molar-refractivity contribution in [1.82, 2.24) is 0 Å². The minimum absolute atomic E-state index is 0.230. The second-order valence-corrected chi connectivity index (χ2v) is 27.2. The SMILES string of the molecule is CC1CCP(Cl)(c2ccccc2)(c2ccccc2)P1(c1ccccc1)(c1ccccc1)C1C=CC=C1. The molecule has 1 atom stereocenters. The summed E-state index contributed by atoms with van der Waals surface area (Å²) in [7, 11) is 0. The summed E-state index contributed by atoms with van der Waals surface area (Å²) < 4.78 is 0. The molecule has 1 unspecified atom stereocenters. The summed E-state index contributed by atoms with van der Waals surface area (Å²) in [6, 6.07) is 45.2. The van der Waals surface area contributed by atoms with Crippen molar-refractivity contribution in [1.29, 1.82) is 0 Å². The van der Waals surface area contributed by atoms with Crippen LogP contribution >= 0.6 is 23.2 Å². The fourth-order valence-electron chi connectivity index (χ4n) is 7.98. The summed E-state index contributed by atoms with van der Waals surface area (Å²) in [4.78, 5) is 0. The van der Waals surface area contributed by atoms with Gasteiger partial charge in [-0.15, -0.1) is 0 Å². The quantitative estimate of drug-likeness (QED) is 0.233. The van der Waals surface area contributed by atoms with Crippen LogP contribution in [0.25, 0.3) is 0 Å². The van der Waals surface area contributed by atoms with Gasteiger partial charge in [0.1, 0.15) is 0 Å². The standard InChI is InChI=1S/C33H33ClP2/c1-28-26-27-35(34,29-16-6-2-7-17-29,30-18-8-3-9-19-30)36(28,33-24-14-15-25-33,31-20-10-4-11-21-31)32-22-12-5-13-23-32/h2-25,28,33H,26-27H2,1H3. The van der Waals surface area contributed by atoms with Crippen LogP contribution in [0.1, 0.15) is 13.3 Å². The molecule has 0 bridgehead atoms. The molecule has 1 aliphatic carbocycles. The molecule has 1 aliphatic heterocycles. The molecule has 0 saturated carbocycles. The van der Waals surface area contributed by atoms with E-state index in [9.17, 15) is 0 Å². The van der Waals surface area contributed by atoms with E-state index >= 15 is 0 Å². The van der Waals surface area contributed by atoms with Gasteiger partial charge in [-0.05, 0) is 0 Å². The van der Waals surface area contributed by atoms with Crippen LogP contribution in [0.5, 0.6) is 0 Å². The number of hydrogen-bond donors (Lipinski definition) is 0. The summed E-state index contributed by atoms with van der Waals surface area (Å²) in [6.07, 6.45) is 8.23. The van der Waals surface area contributed by atoms with Gasteiger partial charge in [0.2, 0.25) is 0 Å². The zero-order valence-corrected chi connectivity index (χ0v) is 23.2. The number of hydrogen-bond acceptors (Lipinski definition) is 0. The first-order valence-corrected chi connectivity index (χ1v) is 19.3. The van der Waals surface area contributed by atoms with Gasteiger partial charge in [-0.3, -0.25) is 0 Å². The van der Waals surface area contributed by atoms with Crippen molar-refractivity contribution in [2.75, 3.05) is 6.16 Å². The first-order chi connectivity index (χ1) is 17.6. The minimum atomic E-state index is -3.47. The van der Waals surface area contributed by atoms with Gasteiger partial charge in [-0.2, -0.15) is 0 Å². The average molecular weight is 527 g/mol. The molecule has 1 fully saturated rings. The van der Waals surface area contributed by atoms with Gasteiger partial charge in [0, 0.05) is 0 Å². The van der Waals surface area contributed by atoms with E-state index in [1.807, 2.05) is 0 Å². The van der Waals surface area contributed by atoms with E-state index in [2.05, 4.69) is 153 Å². The van der Waals surface area contributed by atoms with Crippen LogP contribution in [-0.4, -0.2) is 17.5 Å². The third-order valence-electron chi connectivity index (χ3n) is 9.24. The zero-order valence-electron chi connectivity index (χ0n) is 20.7. The molecule has 182 valence electrons. The fraction of sp³-hybridized carbons (Fsp3) is 0.152. The number of allylic oxidation sites excluding steroid dienone is 4. The van der Waals surface area contributed by atoms with Gasteiger partial charge in [0.15, 0.2) is 0 Å². The maximum atomic E-state index is 9.02. The van der Waals surface area contributed by atoms with E-state index < -0.39 is 11.9 Å². The van der Waals surface area contributed by atoms with Crippen LogP contribution < -0.4 is 21.2 Å². The molecule has 1 saturated heterocycles. The van der Waals surface area contributed by atoms with Gasteiger partial charge in [-0.25, -0.2) is 0 Å². The molecule has 36 heavy (non-hydrogen) atoms. The zero-order chi connectivity index (χ0) is 24.7.